The smallest absolute Gasteiger partial charge is 0.329 e. The molecule has 0 unspecified atom stereocenters. The third-order valence-electron chi connectivity index (χ3n) is 2.51. The Morgan fingerprint density at radius 2 is 2.11 bits per heavy atom. The number of rotatable bonds is 8. The van der Waals surface area contributed by atoms with Crippen molar-refractivity contribution in [1.29, 1.82) is 0 Å². The van der Waals surface area contributed by atoms with Crippen LogP contribution in [0.3, 0.4) is 0 Å². The zero-order valence-corrected chi connectivity index (χ0v) is 11.6. The van der Waals surface area contributed by atoms with Crippen LogP contribution in [0.1, 0.15) is 33.6 Å². The molecule has 0 fully saturated rings. The van der Waals surface area contributed by atoms with E-state index in [2.05, 4.69) is 34.4 Å². The summed E-state index contributed by atoms with van der Waals surface area (Å²) in [6.45, 7) is 7.63. The Morgan fingerprint density at radius 1 is 1.37 bits per heavy atom. The number of aromatic nitrogens is 2. The van der Waals surface area contributed by atoms with E-state index < -0.39 is 4.92 Å². The largest absolute Gasteiger partial charge is 0.364 e. The first kappa shape index (κ1) is 15.1. The van der Waals surface area contributed by atoms with Gasteiger partial charge in [-0.1, -0.05) is 20.8 Å². The van der Waals surface area contributed by atoms with E-state index in [1.165, 1.54) is 6.20 Å². The van der Waals surface area contributed by atoms with Gasteiger partial charge in [0.15, 0.2) is 0 Å². The summed E-state index contributed by atoms with van der Waals surface area (Å²) in [7, 11) is 0. The molecule has 0 radical (unpaired) electrons. The summed E-state index contributed by atoms with van der Waals surface area (Å²) < 4.78 is 0. The minimum atomic E-state index is -0.471. The van der Waals surface area contributed by atoms with Gasteiger partial charge in [-0.15, -0.1) is 0 Å². The van der Waals surface area contributed by atoms with Gasteiger partial charge in [0.1, 0.15) is 6.20 Å². The predicted molar refractivity (Wildman–Crippen MR) is 75.4 cm³/mol. The van der Waals surface area contributed by atoms with Gasteiger partial charge in [-0.2, -0.15) is 4.98 Å². The predicted octanol–water partition coefficient (Wildman–Crippen LogP) is 2.66. The van der Waals surface area contributed by atoms with E-state index in [0.29, 0.717) is 18.4 Å². The van der Waals surface area contributed by atoms with Crippen molar-refractivity contribution >= 4 is 17.5 Å². The van der Waals surface area contributed by atoms with E-state index >= 15 is 0 Å². The highest BCUT2D eigenvalue weighted by atomic mass is 16.6. The Morgan fingerprint density at radius 3 is 2.68 bits per heavy atom. The topological polar surface area (TPSA) is 93.0 Å². The van der Waals surface area contributed by atoms with Gasteiger partial charge < -0.3 is 10.6 Å². The maximum atomic E-state index is 10.9. The van der Waals surface area contributed by atoms with Crippen molar-refractivity contribution in [2.24, 2.45) is 5.92 Å². The molecule has 0 aromatic carbocycles. The second-order valence-electron chi connectivity index (χ2n) is 4.72. The molecule has 0 saturated carbocycles. The van der Waals surface area contributed by atoms with Gasteiger partial charge in [-0.25, -0.2) is 4.98 Å². The van der Waals surface area contributed by atoms with E-state index in [0.717, 1.165) is 19.4 Å². The first-order valence-corrected chi connectivity index (χ1v) is 6.53. The van der Waals surface area contributed by atoms with E-state index in [9.17, 15) is 10.1 Å². The van der Waals surface area contributed by atoms with Crippen molar-refractivity contribution in [2.45, 2.75) is 33.6 Å². The fourth-order valence-corrected chi connectivity index (χ4v) is 1.44. The van der Waals surface area contributed by atoms with Gasteiger partial charge >= 0.3 is 5.69 Å². The van der Waals surface area contributed by atoms with Gasteiger partial charge in [0, 0.05) is 13.1 Å². The Bertz CT molecular complexity index is 423. The van der Waals surface area contributed by atoms with Crippen molar-refractivity contribution in [3.05, 3.63) is 16.3 Å². The van der Waals surface area contributed by atoms with Gasteiger partial charge in [-0.3, -0.25) is 10.1 Å². The summed E-state index contributed by atoms with van der Waals surface area (Å²) in [6.07, 6.45) is 3.11. The molecular weight excluding hydrogens is 246 g/mol. The minimum absolute atomic E-state index is 0.0918. The van der Waals surface area contributed by atoms with E-state index in [-0.39, 0.29) is 11.5 Å². The Kier molecular flexibility index (Phi) is 5.98. The van der Waals surface area contributed by atoms with Crippen LogP contribution in [0.15, 0.2) is 6.20 Å². The molecule has 0 saturated heterocycles. The van der Waals surface area contributed by atoms with Crippen LogP contribution < -0.4 is 10.6 Å². The van der Waals surface area contributed by atoms with Crippen molar-refractivity contribution in [3.8, 4) is 0 Å². The summed E-state index contributed by atoms with van der Waals surface area (Å²) >= 11 is 0. The quantitative estimate of drug-likeness (QED) is 0.555. The second kappa shape index (κ2) is 7.50. The van der Waals surface area contributed by atoms with Crippen molar-refractivity contribution in [3.63, 3.8) is 0 Å². The van der Waals surface area contributed by atoms with Crippen LogP contribution in [-0.2, 0) is 0 Å². The van der Waals surface area contributed by atoms with Crippen molar-refractivity contribution < 1.29 is 4.92 Å². The molecule has 0 aliphatic heterocycles. The van der Waals surface area contributed by atoms with Gasteiger partial charge in [0.05, 0.1) is 4.92 Å². The zero-order chi connectivity index (χ0) is 14.3. The molecule has 2 N–H and O–H groups in total. The van der Waals surface area contributed by atoms with Gasteiger partial charge in [0.2, 0.25) is 11.8 Å². The number of nitrogens with one attached hydrogen (secondary N) is 2. The average molecular weight is 267 g/mol. The molecule has 19 heavy (non-hydrogen) atoms. The molecule has 1 heterocycles. The number of anilines is 2. The SMILES string of the molecule is CCCNc1ncc([N+](=O)[O-])c(NCCC(C)C)n1. The second-order valence-corrected chi connectivity index (χ2v) is 4.72. The summed E-state index contributed by atoms with van der Waals surface area (Å²) in [4.78, 5) is 18.5. The maximum absolute atomic E-state index is 10.9. The molecule has 7 heteroatoms. The third kappa shape index (κ3) is 5.07. The molecule has 0 atom stereocenters. The molecule has 7 nitrogen and oxygen atoms in total. The molecule has 0 spiro atoms. The van der Waals surface area contributed by atoms with E-state index in [4.69, 9.17) is 0 Å². The lowest BCUT2D eigenvalue weighted by molar-refractivity contribution is -0.384. The van der Waals surface area contributed by atoms with Crippen LogP contribution in [0.2, 0.25) is 0 Å². The highest BCUT2D eigenvalue weighted by Gasteiger charge is 2.16. The van der Waals surface area contributed by atoms with E-state index in [1.807, 2.05) is 6.92 Å². The normalized spacial score (nSPS) is 10.5. The molecule has 0 aliphatic carbocycles. The zero-order valence-electron chi connectivity index (χ0n) is 11.6. The summed E-state index contributed by atoms with van der Waals surface area (Å²) in [5, 5.41) is 16.9. The lowest BCUT2D eigenvalue weighted by Crippen LogP contribution is -2.11. The molecule has 106 valence electrons. The lowest BCUT2D eigenvalue weighted by atomic mass is 10.1. The number of hydrogen-bond donors (Lipinski definition) is 2. The third-order valence-corrected chi connectivity index (χ3v) is 2.51. The first-order chi connectivity index (χ1) is 9.04. The molecular formula is C12H21N5O2. The Hall–Kier alpha value is -1.92. The molecule has 1 aromatic rings. The van der Waals surface area contributed by atoms with Gasteiger partial charge in [-0.05, 0) is 18.8 Å². The molecule has 0 aliphatic rings. The maximum Gasteiger partial charge on any atom is 0.329 e. The fourth-order valence-electron chi connectivity index (χ4n) is 1.44. The highest BCUT2D eigenvalue weighted by molar-refractivity contribution is 5.56. The minimum Gasteiger partial charge on any atom is -0.364 e. The lowest BCUT2D eigenvalue weighted by Gasteiger charge is -2.09. The van der Waals surface area contributed by atoms with Crippen LogP contribution in [-0.4, -0.2) is 28.0 Å². The monoisotopic (exact) mass is 267 g/mol. The molecule has 0 bridgehead atoms. The summed E-state index contributed by atoms with van der Waals surface area (Å²) in [5.41, 5.74) is -0.0918. The van der Waals surface area contributed by atoms with Gasteiger partial charge in [0.25, 0.3) is 0 Å². The van der Waals surface area contributed by atoms with Crippen LogP contribution in [0, 0.1) is 16.0 Å². The van der Waals surface area contributed by atoms with Crippen LogP contribution in [0.4, 0.5) is 17.5 Å². The Labute approximate surface area is 113 Å². The van der Waals surface area contributed by atoms with Crippen molar-refractivity contribution in [2.75, 3.05) is 23.7 Å². The summed E-state index contributed by atoms with van der Waals surface area (Å²) in [5.74, 6) is 1.23. The number of hydrogen-bond acceptors (Lipinski definition) is 6. The molecule has 1 aromatic heterocycles. The highest BCUT2D eigenvalue weighted by Crippen LogP contribution is 2.22. The standard InChI is InChI=1S/C12H21N5O2/c1-4-6-14-12-15-8-10(17(18)19)11(16-12)13-7-5-9(2)3/h8-9H,4-7H2,1-3H3,(H2,13,14,15,16). The van der Waals surface area contributed by atoms with E-state index in [1.54, 1.807) is 0 Å². The van der Waals surface area contributed by atoms with Crippen LogP contribution in [0.25, 0.3) is 0 Å². The first-order valence-electron chi connectivity index (χ1n) is 6.53. The Balaban J connectivity index is 2.79. The number of nitrogens with zero attached hydrogens (tertiary/aromatic N) is 3. The summed E-state index contributed by atoms with van der Waals surface area (Å²) in [6, 6.07) is 0. The molecule has 0 amide bonds. The fraction of sp³-hybridized carbons (Fsp3) is 0.667. The van der Waals surface area contributed by atoms with Crippen LogP contribution in [0.5, 0.6) is 0 Å². The van der Waals surface area contributed by atoms with Crippen LogP contribution >= 0.6 is 0 Å². The molecule has 1 rings (SSSR count). The van der Waals surface area contributed by atoms with Crippen molar-refractivity contribution in [1.82, 2.24) is 9.97 Å². The number of nitro groups is 1. The average Bonchev–Trinajstić information content (AvgIpc) is 2.35.